The number of nitrogens with zero attached hydrogens (tertiary/aromatic N) is 2. The number of nitrogens with two attached hydrogens (primary N) is 1. The first-order chi connectivity index (χ1) is 10.4. The van der Waals surface area contributed by atoms with Crippen LogP contribution in [-0.2, 0) is 16.1 Å². The highest BCUT2D eigenvalue weighted by atomic mass is 16.4. The molecule has 1 atom stereocenters. The highest BCUT2D eigenvalue weighted by Crippen LogP contribution is 2.34. The van der Waals surface area contributed by atoms with Crippen LogP contribution in [-0.4, -0.2) is 38.9 Å². The molecule has 0 saturated carbocycles. The minimum absolute atomic E-state index is 0.0227. The predicted molar refractivity (Wildman–Crippen MR) is 72.5 cm³/mol. The van der Waals surface area contributed by atoms with Crippen LogP contribution in [0.1, 0.15) is 34.3 Å². The molecule has 0 unspecified atom stereocenters. The van der Waals surface area contributed by atoms with Crippen LogP contribution in [0.4, 0.5) is 0 Å². The lowest BCUT2D eigenvalue weighted by Gasteiger charge is -2.24. The van der Waals surface area contributed by atoms with E-state index >= 15 is 0 Å². The van der Waals surface area contributed by atoms with E-state index in [4.69, 9.17) is 16.1 Å². The van der Waals surface area contributed by atoms with Gasteiger partial charge in [0, 0.05) is 17.5 Å². The maximum absolute atomic E-state index is 12.3. The molecule has 1 aliphatic rings. The Morgan fingerprint density at radius 1 is 1.45 bits per heavy atom. The Bertz CT molecular complexity index is 707. The van der Waals surface area contributed by atoms with Gasteiger partial charge in [0.2, 0.25) is 5.91 Å². The van der Waals surface area contributed by atoms with Crippen LogP contribution in [0.25, 0.3) is 0 Å². The molecular weight excluding hydrogens is 290 g/mol. The zero-order valence-electron chi connectivity index (χ0n) is 11.4. The van der Waals surface area contributed by atoms with Crippen LogP contribution in [0.15, 0.2) is 12.1 Å². The third kappa shape index (κ3) is 2.56. The largest absolute Gasteiger partial charge is 0.506 e. The summed E-state index contributed by atoms with van der Waals surface area (Å²) in [6.07, 6.45) is -0.431. The fraction of sp³-hybridized carbons (Fsp3) is 0.286. The molecule has 22 heavy (non-hydrogen) atoms. The lowest BCUT2D eigenvalue weighted by molar-refractivity contribution is -0.137. The monoisotopic (exact) mass is 303 g/mol. The first-order valence-corrected chi connectivity index (χ1v) is 6.43. The van der Waals surface area contributed by atoms with Gasteiger partial charge in [0.25, 0.3) is 5.91 Å². The number of carboxylic acid groups (broad SMARTS) is 1. The Hall–Kier alpha value is -3.08. The summed E-state index contributed by atoms with van der Waals surface area (Å²) in [5.74, 6) is -2.76. The first kappa shape index (κ1) is 15.3. The Kier molecular flexibility index (Phi) is 3.99. The summed E-state index contributed by atoms with van der Waals surface area (Å²) in [7, 11) is 0. The van der Waals surface area contributed by atoms with Crippen molar-refractivity contribution in [3.63, 3.8) is 0 Å². The third-order valence-corrected chi connectivity index (χ3v) is 3.56. The third-order valence-electron chi connectivity index (χ3n) is 3.56. The number of hydrogen-bond acceptors (Lipinski definition) is 5. The molecule has 8 nitrogen and oxygen atoms in total. The molecule has 0 aromatic heterocycles. The van der Waals surface area contributed by atoms with Gasteiger partial charge in [0.05, 0.1) is 12.1 Å². The highest BCUT2D eigenvalue weighted by Gasteiger charge is 2.37. The summed E-state index contributed by atoms with van der Waals surface area (Å²) >= 11 is 0. The molecule has 0 saturated heterocycles. The average molecular weight is 303 g/mol. The topological polar surface area (TPSA) is 145 Å². The molecule has 1 aromatic carbocycles. The van der Waals surface area contributed by atoms with E-state index in [1.807, 2.05) is 0 Å². The maximum atomic E-state index is 12.3. The van der Waals surface area contributed by atoms with E-state index in [1.165, 1.54) is 12.1 Å². The van der Waals surface area contributed by atoms with Gasteiger partial charge in [-0.2, -0.15) is 5.26 Å². The fourth-order valence-electron chi connectivity index (χ4n) is 2.45. The van der Waals surface area contributed by atoms with Crippen LogP contribution < -0.4 is 5.73 Å². The number of nitriles is 1. The number of rotatable bonds is 5. The number of phenolic OH excluding ortho intramolecular Hbond substituents is 1. The Morgan fingerprint density at radius 3 is 2.68 bits per heavy atom. The number of carboxylic acids is 1. The smallest absolute Gasteiger partial charge is 0.303 e. The van der Waals surface area contributed by atoms with Gasteiger partial charge < -0.3 is 20.8 Å². The van der Waals surface area contributed by atoms with Gasteiger partial charge >= 0.3 is 5.97 Å². The molecule has 0 fully saturated rings. The molecule has 114 valence electrons. The van der Waals surface area contributed by atoms with E-state index in [0.29, 0.717) is 0 Å². The van der Waals surface area contributed by atoms with Crippen molar-refractivity contribution in [2.75, 3.05) is 0 Å². The molecule has 0 spiro atoms. The number of aliphatic carboxylic acids is 1. The fourth-order valence-corrected chi connectivity index (χ4v) is 2.45. The summed E-state index contributed by atoms with van der Waals surface area (Å²) in [5, 5.41) is 27.6. The van der Waals surface area contributed by atoms with Crippen molar-refractivity contribution in [3.8, 4) is 11.8 Å². The molecule has 0 bridgehead atoms. The Labute approximate surface area is 125 Å². The van der Waals surface area contributed by atoms with Crippen LogP contribution in [0.5, 0.6) is 5.75 Å². The SMILES string of the molecule is N#Cc1ccc2c(c1O)CN([C@@H](CCC(=O)O)C(N)=O)C2=O. The van der Waals surface area contributed by atoms with E-state index in [9.17, 15) is 19.5 Å². The molecule has 4 N–H and O–H groups in total. The summed E-state index contributed by atoms with van der Waals surface area (Å²) < 4.78 is 0. The number of hydrogen-bond donors (Lipinski definition) is 3. The zero-order valence-corrected chi connectivity index (χ0v) is 11.4. The van der Waals surface area contributed by atoms with Crippen molar-refractivity contribution in [3.05, 3.63) is 28.8 Å². The minimum atomic E-state index is -1.11. The zero-order chi connectivity index (χ0) is 16.4. The second-order valence-corrected chi connectivity index (χ2v) is 4.88. The number of benzene rings is 1. The highest BCUT2D eigenvalue weighted by molar-refractivity contribution is 6.02. The molecule has 0 radical (unpaired) electrons. The molecular formula is C14H13N3O5. The molecule has 2 rings (SSSR count). The normalized spacial score (nSPS) is 14.3. The number of carbonyl (C=O) groups is 3. The lowest BCUT2D eigenvalue weighted by Crippen LogP contribution is -2.45. The molecule has 0 aliphatic carbocycles. The molecule has 2 amide bonds. The Morgan fingerprint density at radius 2 is 2.14 bits per heavy atom. The number of primary amides is 1. The number of carbonyl (C=O) groups excluding carboxylic acids is 2. The molecule has 8 heteroatoms. The standard InChI is InChI=1S/C14H13N3O5/c15-5-7-1-2-8-9(12(7)20)6-17(14(8)22)10(13(16)21)3-4-11(18)19/h1-2,10,20H,3-4,6H2,(H2,16,21)(H,18,19)/t10-/m0/s1. The van der Waals surface area contributed by atoms with Crippen LogP contribution in [0.3, 0.4) is 0 Å². The number of amides is 2. The van der Waals surface area contributed by atoms with Crippen LogP contribution in [0, 0.1) is 11.3 Å². The van der Waals surface area contributed by atoms with E-state index in [1.54, 1.807) is 6.07 Å². The van der Waals surface area contributed by atoms with Gasteiger partial charge in [-0.15, -0.1) is 0 Å². The van der Waals surface area contributed by atoms with Gasteiger partial charge in [0.15, 0.2) is 0 Å². The van der Waals surface area contributed by atoms with Crippen molar-refractivity contribution in [1.29, 1.82) is 5.26 Å². The maximum Gasteiger partial charge on any atom is 0.303 e. The van der Waals surface area contributed by atoms with Crippen molar-refractivity contribution >= 4 is 17.8 Å². The van der Waals surface area contributed by atoms with E-state index < -0.39 is 23.8 Å². The predicted octanol–water partition coefficient (Wildman–Crippen LogP) is -0.0616. The van der Waals surface area contributed by atoms with Gasteiger partial charge in [-0.25, -0.2) is 0 Å². The van der Waals surface area contributed by atoms with E-state index in [2.05, 4.69) is 0 Å². The van der Waals surface area contributed by atoms with Crippen molar-refractivity contribution in [1.82, 2.24) is 4.90 Å². The van der Waals surface area contributed by atoms with Gasteiger partial charge in [-0.05, 0) is 18.6 Å². The second-order valence-electron chi connectivity index (χ2n) is 4.88. The van der Waals surface area contributed by atoms with Crippen molar-refractivity contribution in [2.24, 2.45) is 5.73 Å². The molecule has 1 aliphatic heterocycles. The summed E-state index contributed by atoms with van der Waals surface area (Å²) in [6.45, 7) is -0.0945. The van der Waals surface area contributed by atoms with Gasteiger partial charge in [0.1, 0.15) is 17.9 Å². The van der Waals surface area contributed by atoms with Crippen molar-refractivity contribution < 1.29 is 24.6 Å². The quantitative estimate of drug-likeness (QED) is 0.694. The number of aromatic hydroxyl groups is 1. The lowest BCUT2D eigenvalue weighted by atomic mass is 10.1. The van der Waals surface area contributed by atoms with Crippen LogP contribution >= 0.6 is 0 Å². The minimum Gasteiger partial charge on any atom is -0.506 e. The van der Waals surface area contributed by atoms with Crippen molar-refractivity contribution in [2.45, 2.75) is 25.4 Å². The summed E-state index contributed by atoms with van der Waals surface area (Å²) in [6, 6.07) is 3.42. The number of phenols is 1. The van der Waals surface area contributed by atoms with E-state index in [-0.39, 0.29) is 41.8 Å². The molecule has 1 heterocycles. The second kappa shape index (κ2) is 5.73. The van der Waals surface area contributed by atoms with Crippen LogP contribution in [0.2, 0.25) is 0 Å². The first-order valence-electron chi connectivity index (χ1n) is 6.43. The van der Waals surface area contributed by atoms with E-state index in [0.717, 1.165) is 4.90 Å². The summed E-state index contributed by atoms with van der Waals surface area (Å²) in [4.78, 5) is 35.6. The van der Waals surface area contributed by atoms with Gasteiger partial charge in [-0.1, -0.05) is 0 Å². The average Bonchev–Trinajstić information content (AvgIpc) is 2.78. The number of fused-ring (bicyclic) bond motifs is 1. The van der Waals surface area contributed by atoms with Gasteiger partial charge in [-0.3, -0.25) is 14.4 Å². The Balaban J connectivity index is 2.33. The summed E-state index contributed by atoms with van der Waals surface area (Å²) in [5.41, 5.74) is 5.70. The molecule has 1 aromatic rings.